The van der Waals surface area contributed by atoms with Crippen LogP contribution in [-0.4, -0.2) is 34.9 Å². The lowest BCUT2D eigenvalue weighted by atomic mass is 10.0. The fourth-order valence-corrected chi connectivity index (χ4v) is 7.06. The minimum absolute atomic E-state index is 0.0338. The van der Waals surface area contributed by atoms with E-state index in [0.29, 0.717) is 12.8 Å². The molecule has 0 spiro atoms. The van der Waals surface area contributed by atoms with Crippen LogP contribution in [0, 0.1) is 0 Å². The van der Waals surface area contributed by atoms with E-state index in [4.69, 9.17) is 0 Å². The summed E-state index contributed by atoms with van der Waals surface area (Å²) in [4.78, 5) is 12.4. The van der Waals surface area contributed by atoms with Gasteiger partial charge in [-0.2, -0.15) is 0 Å². The number of aliphatic hydroxyl groups excluding tert-OH is 2. The molecular weight excluding hydrogens is 651 g/mol. The minimum Gasteiger partial charge on any atom is -0.394 e. The normalized spacial score (nSPS) is 13.4. The molecule has 0 heterocycles. The number of aliphatic hydroxyl groups is 2. The zero-order valence-electron chi connectivity index (χ0n) is 35.5. The van der Waals surface area contributed by atoms with Gasteiger partial charge in [-0.05, 0) is 51.4 Å². The number of hydrogen-bond donors (Lipinski definition) is 3. The van der Waals surface area contributed by atoms with E-state index in [-0.39, 0.29) is 12.5 Å². The van der Waals surface area contributed by atoms with Gasteiger partial charge in [0.05, 0.1) is 18.8 Å². The summed E-state index contributed by atoms with van der Waals surface area (Å²) < 4.78 is 0. The Kier molecular flexibility index (Phi) is 43.4. The number of hydrogen-bond acceptors (Lipinski definition) is 3. The predicted molar refractivity (Wildman–Crippen MR) is 235 cm³/mol. The lowest BCUT2D eigenvalue weighted by molar-refractivity contribution is -0.123. The van der Waals surface area contributed by atoms with Crippen LogP contribution in [0.25, 0.3) is 0 Å². The van der Waals surface area contributed by atoms with E-state index in [2.05, 4.69) is 67.8 Å². The van der Waals surface area contributed by atoms with Crippen LogP contribution in [0.1, 0.15) is 239 Å². The first kappa shape index (κ1) is 51.4. The molecule has 0 bridgehead atoms. The van der Waals surface area contributed by atoms with Gasteiger partial charge in [-0.15, -0.1) is 0 Å². The maximum absolute atomic E-state index is 12.4. The zero-order chi connectivity index (χ0) is 38.6. The summed E-state index contributed by atoms with van der Waals surface area (Å²) in [5, 5.41) is 23.2. The summed E-state index contributed by atoms with van der Waals surface area (Å²) in [6.45, 7) is 4.25. The van der Waals surface area contributed by atoms with Crippen LogP contribution < -0.4 is 5.32 Å². The van der Waals surface area contributed by atoms with Crippen molar-refractivity contribution in [3.8, 4) is 0 Å². The maximum Gasteiger partial charge on any atom is 0.220 e. The zero-order valence-corrected chi connectivity index (χ0v) is 35.5. The number of rotatable bonds is 42. The summed E-state index contributed by atoms with van der Waals surface area (Å²) in [5.74, 6) is -0.0338. The quantitative estimate of drug-likeness (QED) is 0.0431. The fraction of sp³-hybridized carbons (Fsp3) is 0.816. The molecule has 2 atom stereocenters. The highest BCUT2D eigenvalue weighted by Gasteiger charge is 2.20. The molecule has 0 aromatic carbocycles. The van der Waals surface area contributed by atoms with Gasteiger partial charge in [0.15, 0.2) is 0 Å². The number of carbonyl (C=O) groups excluding carboxylic acids is 1. The molecule has 0 fully saturated rings. The van der Waals surface area contributed by atoms with Gasteiger partial charge in [-0.1, -0.05) is 229 Å². The molecule has 0 aliphatic rings. The average molecular weight is 742 g/mol. The maximum atomic E-state index is 12.4. The minimum atomic E-state index is -0.660. The molecule has 0 radical (unpaired) electrons. The second kappa shape index (κ2) is 44.7. The molecule has 53 heavy (non-hydrogen) atoms. The molecule has 0 rings (SSSR count). The van der Waals surface area contributed by atoms with Gasteiger partial charge in [0.1, 0.15) is 0 Å². The van der Waals surface area contributed by atoms with Gasteiger partial charge in [0.2, 0.25) is 5.91 Å². The average Bonchev–Trinajstić information content (AvgIpc) is 3.16. The van der Waals surface area contributed by atoms with Crippen molar-refractivity contribution in [3.63, 3.8) is 0 Å². The van der Waals surface area contributed by atoms with Crippen molar-refractivity contribution in [2.24, 2.45) is 0 Å². The van der Waals surface area contributed by atoms with Crippen molar-refractivity contribution in [2.75, 3.05) is 6.61 Å². The van der Waals surface area contributed by atoms with Crippen molar-refractivity contribution >= 4 is 5.91 Å². The largest absolute Gasteiger partial charge is 0.394 e. The third-order valence-electron chi connectivity index (χ3n) is 10.6. The van der Waals surface area contributed by atoms with Crippen molar-refractivity contribution in [1.29, 1.82) is 0 Å². The van der Waals surface area contributed by atoms with Crippen LogP contribution in [0.3, 0.4) is 0 Å². The highest BCUT2D eigenvalue weighted by molar-refractivity contribution is 5.76. The van der Waals surface area contributed by atoms with E-state index < -0.39 is 12.1 Å². The van der Waals surface area contributed by atoms with E-state index in [1.54, 1.807) is 0 Å². The van der Waals surface area contributed by atoms with Gasteiger partial charge in [-0.25, -0.2) is 0 Å². The van der Waals surface area contributed by atoms with E-state index in [9.17, 15) is 15.0 Å². The predicted octanol–water partition coefficient (Wildman–Crippen LogP) is 14.7. The van der Waals surface area contributed by atoms with Crippen molar-refractivity contribution in [3.05, 3.63) is 48.6 Å². The first-order valence-corrected chi connectivity index (χ1v) is 23.3. The number of allylic oxidation sites excluding steroid dienone is 8. The summed E-state index contributed by atoms with van der Waals surface area (Å²) in [6, 6.07) is -0.538. The first-order valence-electron chi connectivity index (χ1n) is 23.3. The number of unbranched alkanes of at least 4 members (excludes halogenated alkanes) is 27. The van der Waals surface area contributed by atoms with Crippen LogP contribution in [0.15, 0.2) is 48.6 Å². The highest BCUT2D eigenvalue weighted by Crippen LogP contribution is 2.16. The van der Waals surface area contributed by atoms with E-state index in [0.717, 1.165) is 51.4 Å². The third kappa shape index (κ3) is 41.4. The van der Waals surface area contributed by atoms with Crippen LogP contribution in [-0.2, 0) is 4.79 Å². The molecule has 0 aliphatic carbocycles. The Morgan fingerprint density at radius 1 is 0.472 bits per heavy atom. The van der Waals surface area contributed by atoms with Crippen LogP contribution in [0.2, 0.25) is 0 Å². The molecule has 0 saturated heterocycles. The summed E-state index contributed by atoms with van der Waals surface area (Å²) >= 11 is 0. The summed E-state index contributed by atoms with van der Waals surface area (Å²) in [6.07, 6.45) is 60.5. The molecule has 3 N–H and O–H groups in total. The van der Waals surface area contributed by atoms with E-state index in [1.165, 1.54) is 161 Å². The van der Waals surface area contributed by atoms with Gasteiger partial charge >= 0.3 is 0 Å². The van der Waals surface area contributed by atoms with Crippen molar-refractivity contribution in [2.45, 2.75) is 251 Å². The first-order chi connectivity index (χ1) is 26.2. The Morgan fingerprint density at radius 2 is 0.830 bits per heavy atom. The molecule has 1 amide bonds. The highest BCUT2D eigenvalue weighted by atomic mass is 16.3. The van der Waals surface area contributed by atoms with Gasteiger partial charge in [-0.3, -0.25) is 4.79 Å². The molecule has 0 saturated carbocycles. The molecule has 4 nitrogen and oxygen atoms in total. The summed E-state index contributed by atoms with van der Waals surface area (Å²) in [7, 11) is 0. The van der Waals surface area contributed by atoms with Crippen LogP contribution >= 0.6 is 0 Å². The second-order valence-corrected chi connectivity index (χ2v) is 15.8. The van der Waals surface area contributed by atoms with Crippen molar-refractivity contribution in [1.82, 2.24) is 5.32 Å². The van der Waals surface area contributed by atoms with Crippen molar-refractivity contribution < 1.29 is 15.0 Å². The van der Waals surface area contributed by atoms with Gasteiger partial charge in [0, 0.05) is 6.42 Å². The van der Waals surface area contributed by atoms with Gasteiger partial charge in [0.25, 0.3) is 0 Å². The second-order valence-electron chi connectivity index (χ2n) is 15.8. The Hall–Kier alpha value is -1.65. The number of nitrogens with one attached hydrogen (secondary N) is 1. The van der Waals surface area contributed by atoms with E-state index >= 15 is 0 Å². The smallest absolute Gasteiger partial charge is 0.220 e. The Morgan fingerprint density at radius 3 is 1.25 bits per heavy atom. The van der Waals surface area contributed by atoms with E-state index in [1.807, 2.05) is 0 Å². The number of carbonyl (C=O) groups is 1. The molecule has 0 aliphatic heterocycles. The molecule has 0 aromatic heterocycles. The molecular formula is C49H91NO3. The standard InChI is InChI=1S/C49H91NO3/c1-3-5-7-9-11-13-15-17-19-21-22-23-24-25-26-27-28-29-31-33-35-37-39-41-43-45-49(53)50-47(46-51)48(52)44-42-40-38-36-34-32-30-20-18-16-14-12-10-8-6-4-2/h5,7,11,13,17,19,22-23,47-48,51-52H,3-4,6,8-10,12,14-16,18,20-21,24-46H2,1-2H3,(H,50,53)/b7-5-,13-11-,19-17-,23-22-. The summed E-state index contributed by atoms with van der Waals surface area (Å²) in [5.41, 5.74) is 0. The monoisotopic (exact) mass is 742 g/mol. The molecule has 4 heteroatoms. The molecule has 310 valence electrons. The molecule has 2 unspecified atom stereocenters. The fourth-order valence-electron chi connectivity index (χ4n) is 7.06. The third-order valence-corrected chi connectivity index (χ3v) is 10.6. The Labute approximate surface area is 331 Å². The molecule has 0 aromatic rings. The van der Waals surface area contributed by atoms with Gasteiger partial charge < -0.3 is 15.5 Å². The number of amides is 1. The SMILES string of the molecule is CC/C=C\C/C=C\C/C=C\C/C=C\CCCCCCCCCCCCCCC(=O)NC(CO)C(O)CCCCCCCCCCCCCCCCCC. The Balaban J connectivity index is 3.51. The lowest BCUT2D eigenvalue weighted by Crippen LogP contribution is -2.45. The van der Waals surface area contributed by atoms with Crippen LogP contribution in [0.4, 0.5) is 0 Å². The Bertz CT molecular complexity index is 847. The lowest BCUT2D eigenvalue weighted by Gasteiger charge is -2.22. The van der Waals surface area contributed by atoms with Crippen LogP contribution in [0.5, 0.6) is 0 Å². The topological polar surface area (TPSA) is 69.6 Å².